The van der Waals surface area contributed by atoms with Crippen LogP contribution < -0.4 is 15.5 Å². The molecule has 1 aromatic rings. The lowest BCUT2D eigenvalue weighted by Gasteiger charge is -2.26. The van der Waals surface area contributed by atoms with E-state index < -0.39 is 16.1 Å². The number of urea groups is 1. The Morgan fingerprint density at radius 1 is 1.28 bits per heavy atom. The van der Waals surface area contributed by atoms with Gasteiger partial charge in [-0.1, -0.05) is 6.07 Å². The Hall–Kier alpha value is -1.91. The quantitative estimate of drug-likeness (QED) is 0.676. The molecule has 0 saturated carbocycles. The van der Waals surface area contributed by atoms with Crippen LogP contribution in [-0.4, -0.2) is 76.4 Å². The monoisotopic (exact) mass is 371 g/mol. The molecule has 2 amide bonds. The van der Waals surface area contributed by atoms with Gasteiger partial charge in [0.1, 0.15) is 5.82 Å². The summed E-state index contributed by atoms with van der Waals surface area (Å²) in [4.78, 5) is 17.9. The number of sulfonamides is 1. The highest BCUT2D eigenvalue weighted by atomic mass is 32.2. The molecule has 1 aliphatic rings. The summed E-state index contributed by atoms with van der Waals surface area (Å²) in [6, 6.07) is 3.34. The second-order valence-corrected chi connectivity index (χ2v) is 7.94. The van der Waals surface area contributed by atoms with E-state index in [1.807, 2.05) is 31.1 Å². The van der Waals surface area contributed by atoms with Crippen LogP contribution in [0.4, 0.5) is 10.6 Å². The maximum Gasteiger partial charge on any atom is 0.315 e. The van der Waals surface area contributed by atoms with Gasteiger partial charge in [0.05, 0.1) is 19.0 Å². The Balaban J connectivity index is 1.70. The largest absolute Gasteiger partial charge is 0.379 e. The topological polar surface area (TPSA) is 104 Å². The summed E-state index contributed by atoms with van der Waals surface area (Å²) in [6.45, 7) is 1.93. The van der Waals surface area contributed by atoms with Crippen molar-refractivity contribution in [1.29, 1.82) is 0 Å². The Morgan fingerprint density at radius 3 is 2.60 bits per heavy atom. The average Bonchev–Trinajstić information content (AvgIpc) is 2.61. The molecule has 140 valence electrons. The number of morpholine rings is 1. The van der Waals surface area contributed by atoms with Crippen molar-refractivity contribution >= 4 is 21.9 Å². The van der Waals surface area contributed by atoms with Gasteiger partial charge < -0.3 is 20.3 Å². The number of rotatable bonds is 7. The first-order valence-corrected chi connectivity index (χ1v) is 9.69. The Bertz CT molecular complexity index is 657. The van der Waals surface area contributed by atoms with Crippen LogP contribution in [0.3, 0.4) is 0 Å². The zero-order valence-electron chi connectivity index (χ0n) is 14.6. The van der Waals surface area contributed by atoms with Crippen molar-refractivity contribution in [3.8, 4) is 0 Å². The second-order valence-electron chi connectivity index (χ2n) is 5.86. The van der Waals surface area contributed by atoms with E-state index >= 15 is 0 Å². The molecule has 25 heavy (non-hydrogen) atoms. The fourth-order valence-corrected chi connectivity index (χ4v) is 3.60. The van der Waals surface area contributed by atoms with Gasteiger partial charge in [0.15, 0.2) is 0 Å². The molecular formula is C15H25N5O4S. The van der Waals surface area contributed by atoms with Crippen molar-refractivity contribution in [3.63, 3.8) is 0 Å². The molecule has 0 radical (unpaired) electrons. The molecule has 0 bridgehead atoms. The second kappa shape index (κ2) is 8.97. The first-order valence-electron chi connectivity index (χ1n) is 8.08. The number of ether oxygens (including phenoxy) is 1. The summed E-state index contributed by atoms with van der Waals surface area (Å²) in [6.07, 6.45) is 1.69. The number of amides is 2. The molecule has 2 heterocycles. The van der Waals surface area contributed by atoms with Gasteiger partial charge in [-0.25, -0.2) is 18.2 Å². The van der Waals surface area contributed by atoms with Gasteiger partial charge in [-0.2, -0.15) is 4.31 Å². The molecule has 9 nitrogen and oxygen atoms in total. The smallest absolute Gasteiger partial charge is 0.315 e. The highest BCUT2D eigenvalue weighted by Crippen LogP contribution is 2.07. The minimum atomic E-state index is -3.36. The van der Waals surface area contributed by atoms with Crippen molar-refractivity contribution < 1.29 is 17.9 Å². The summed E-state index contributed by atoms with van der Waals surface area (Å²) in [5.41, 5.74) is 0.863. The van der Waals surface area contributed by atoms with E-state index in [4.69, 9.17) is 4.74 Å². The maximum absolute atomic E-state index is 12.1. The molecule has 0 aliphatic carbocycles. The molecule has 1 saturated heterocycles. The van der Waals surface area contributed by atoms with Crippen LogP contribution in [-0.2, 0) is 21.3 Å². The minimum Gasteiger partial charge on any atom is -0.379 e. The zero-order chi connectivity index (χ0) is 18.3. The van der Waals surface area contributed by atoms with E-state index in [-0.39, 0.29) is 12.3 Å². The van der Waals surface area contributed by atoms with Gasteiger partial charge in [0.2, 0.25) is 10.0 Å². The SMILES string of the molecule is CN(C)c1ccc(CNC(=O)NCCS(=O)(=O)N2CCOCC2)cn1. The number of aromatic nitrogens is 1. The molecule has 1 aliphatic heterocycles. The van der Waals surface area contributed by atoms with Crippen LogP contribution in [0.15, 0.2) is 18.3 Å². The Labute approximate surface area is 148 Å². The Kier molecular flexibility index (Phi) is 6.97. The van der Waals surface area contributed by atoms with Gasteiger partial charge in [0.25, 0.3) is 0 Å². The minimum absolute atomic E-state index is 0.0589. The van der Waals surface area contributed by atoms with Gasteiger partial charge >= 0.3 is 6.03 Å². The lowest BCUT2D eigenvalue weighted by Crippen LogP contribution is -2.44. The van der Waals surface area contributed by atoms with Gasteiger partial charge in [0, 0.05) is 46.5 Å². The number of hydrogen-bond donors (Lipinski definition) is 2. The third kappa shape index (κ3) is 6.15. The predicted octanol–water partition coefficient (Wildman–Crippen LogP) is -0.391. The molecule has 0 unspecified atom stereocenters. The Morgan fingerprint density at radius 2 is 2.00 bits per heavy atom. The molecule has 2 rings (SSSR count). The van der Waals surface area contributed by atoms with Crippen molar-refractivity contribution in [3.05, 3.63) is 23.9 Å². The van der Waals surface area contributed by atoms with Gasteiger partial charge in [-0.05, 0) is 11.6 Å². The number of anilines is 1. The highest BCUT2D eigenvalue weighted by molar-refractivity contribution is 7.89. The van der Waals surface area contributed by atoms with Crippen LogP contribution in [0.1, 0.15) is 5.56 Å². The molecule has 0 spiro atoms. The third-order valence-electron chi connectivity index (χ3n) is 3.73. The first kappa shape index (κ1) is 19.4. The van der Waals surface area contributed by atoms with Crippen molar-refractivity contribution in [1.82, 2.24) is 19.9 Å². The lowest BCUT2D eigenvalue weighted by molar-refractivity contribution is 0.0730. The van der Waals surface area contributed by atoms with Crippen molar-refractivity contribution in [2.24, 2.45) is 0 Å². The molecule has 10 heteroatoms. The average molecular weight is 371 g/mol. The van der Waals surface area contributed by atoms with Crippen LogP contribution in [0.5, 0.6) is 0 Å². The molecule has 0 atom stereocenters. The van der Waals surface area contributed by atoms with E-state index in [0.717, 1.165) is 11.4 Å². The summed E-state index contributed by atoms with van der Waals surface area (Å²) in [7, 11) is 0.440. The van der Waals surface area contributed by atoms with E-state index in [2.05, 4.69) is 15.6 Å². The van der Waals surface area contributed by atoms with Crippen LogP contribution in [0, 0.1) is 0 Å². The predicted molar refractivity (Wildman–Crippen MR) is 95.0 cm³/mol. The van der Waals surface area contributed by atoms with E-state index in [1.54, 1.807) is 6.20 Å². The number of nitrogens with zero attached hydrogens (tertiary/aromatic N) is 3. The number of pyridine rings is 1. The molecule has 1 fully saturated rings. The van der Waals surface area contributed by atoms with E-state index in [1.165, 1.54) is 4.31 Å². The lowest BCUT2D eigenvalue weighted by atomic mass is 10.3. The standard InChI is InChI=1S/C15H25N5O4S/c1-19(2)14-4-3-13(11-17-14)12-18-15(21)16-5-10-25(22,23)20-6-8-24-9-7-20/h3-4,11H,5-10,12H2,1-2H3,(H2,16,18,21). The number of nitrogens with one attached hydrogen (secondary N) is 2. The number of carbonyl (C=O) groups is 1. The van der Waals surface area contributed by atoms with Crippen molar-refractivity contribution in [2.75, 3.05) is 57.6 Å². The maximum atomic E-state index is 12.1. The van der Waals surface area contributed by atoms with Crippen LogP contribution >= 0.6 is 0 Å². The van der Waals surface area contributed by atoms with Crippen LogP contribution in [0.25, 0.3) is 0 Å². The number of hydrogen-bond acceptors (Lipinski definition) is 6. The van der Waals surface area contributed by atoms with E-state index in [9.17, 15) is 13.2 Å². The van der Waals surface area contributed by atoms with Gasteiger partial charge in [-0.15, -0.1) is 0 Å². The van der Waals surface area contributed by atoms with Crippen LogP contribution in [0.2, 0.25) is 0 Å². The summed E-state index contributed by atoms with van der Waals surface area (Å²) < 4.78 is 30.8. The zero-order valence-corrected chi connectivity index (χ0v) is 15.4. The third-order valence-corrected chi connectivity index (χ3v) is 5.60. The fourth-order valence-electron chi connectivity index (χ4n) is 2.28. The summed E-state index contributed by atoms with van der Waals surface area (Å²) in [5.74, 6) is 0.709. The normalized spacial score (nSPS) is 15.6. The number of carbonyl (C=O) groups excluding carboxylic acids is 1. The summed E-state index contributed by atoms with van der Waals surface area (Å²) in [5, 5.41) is 5.24. The molecule has 0 aromatic carbocycles. The first-order chi connectivity index (χ1) is 11.9. The molecule has 1 aromatic heterocycles. The molecule has 2 N–H and O–H groups in total. The summed E-state index contributed by atoms with van der Waals surface area (Å²) >= 11 is 0. The highest BCUT2D eigenvalue weighted by Gasteiger charge is 2.23. The molecular weight excluding hydrogens is 346 g/mol. The van der Waals surface area contributed by atoms with Gasteiger partial charge in [-0.3, -0.25) is 0 Å². The van der Waals surface area contributed by atoms with Crippen molar-refractivity contribution in [2.45, 2.75) is 6.54 Å². The van der Waals surface area contributed by atoms with E-state index in [0.29, 0.717) is 32.8 Å². The fraction of sp³-hybridized carbons (Fsp3) is 0.600.